The zero-order valence-corrected chi connectivity index (χ0v) is 12.0. The van der Waals surface area contributed by atoms with Gasteiger partial charge in [0.15, 0.2) is 0 Å². The first-order valence-electron chi connectivity index (χ1n) is 6.98. The molecule has 1 saturated carbocycles. The maximum Gasteiger partial charge on any atom is 0.223 e. The van der Waals surface area contributed by atoms with E-state index in [2.05, 4.69) is 38.2 Å². The van der Waals surface area contributed by atoms with Crippen molar-refractivity contribution in [2.75, 3.05) is 13.2 Å². The molecule has 0 radical (unpaired) electrons. The molecule has 0 spiro atoms. The Labute approximate surface area is 115 Å². The van der Waals surface area contributed by atoms with Crippen LogP contribution < -0.4 is 10.1 Å². The minimum absolute atomic E-state index is 0.125. The molecule has 1 N–H and O–H groups in total. The Kier molecular flexibility index (Phi) is 4.13. The van der Waals surface area contributed by atoms with Gasteiger partial charge in [0.05, 0.1) is 6.54 Å². The zero-order chi connectivity index (χ0) is 13.9. The van der Waals surface area contributed by atoms with E-state index in [0.29, 0.717) is 13.2 Å². The van der Waals surface area contributed by atoms with Gasteiger partial charge in [0.1, 0.15) is 12.4 Å². The second-order valence-corrected chi connectivity index (χ2v) is 6.19. The van der Waals surface area contributed by atoms with Gasteiger partial charge >= 0.3 is 0 Å². The Morgan fingerprint density at radius 2 is 2.11 bits per heavy atom. The third kappa shape index (κ3) is 4.27. The van der Waals surface area contributed by atoms with Crippen LogP contribution in [0.1, 0.15) is 39.2 Å². The lowest BCUT2D eigenvalue weighted by Crippen LogP contribution is -2.29. The van der Waals surface area contributed by atoms with Crippen molar-refractivity contribution in [3.63, 3.8) is 0 Å². The van der Waals surface area contributed by atoms with E-state index < -0.39 is 0 Å². The maximum atomic E-state index is 11.4. The Morgan fingerprint density at radius 3 is 2.74 bits per heavy atom. The number of rotatable bonds is 5. The Hall–Kier alpha value is -1.51. The minimum atomic E-state index is 0.125. The highest BCUT2D eigenvalue weighted by Crippen LogP contribution is 2.28. The van der Waals surface area contributed by atoms with Crippen LogP contribution in [0.4, 0.5) is 0 Å². The predicted octanol–water partition coefficient (Wildman–Crippen LogP) is 2.89. The van der Waals surface area contributed by atoms with E-state index in [9.17, 15) is 4.79 Å². The molecule has 0 bridgehead atoms. The lowest BCUT2D eigenvalue weighted by molar-refractivity contribution is -0.122. The summed E-state index contributed by atoms with van der Waals surface area (Å²) >= 11 is 0. The van der Waals surface area contributed by atoms with Gasteiger partial charge in [-0.3, -0.25) is 4.79 Å². The van der Waals surface area contributed by atoms with Gasteiger partial charge in [-0.2, -0.15) is 0 Å². The van der Waals surface area contributed by atoms with Crippen LogP contribution in [0.2, 0.25) is 0 Å². The van der Waals surface area contributed by atoms with Crippen molar-refractivity contribution >= 4 is 5.91 Å². The van der Waals surface area contributed by atoms with Crippen LogP contribution in [-0.4, -0.2) is 19.1 Å². The molecule has 1 aromatic carbocycles. The van der Waals surface area contributed by atoms with E-state index in [1.807, 2.05) is 12.1 Å². The molecule has 19 heavy (non-hydrogen) atoms. The van der Waals surface area contributed by atoms with E-state index in [0.717, 1.165) is 18.6 Å². The van der Waals surface area contributed by atoms with E-state index in [4.69, 9.17) is 4.74 Å². The van der Waals surface area contributed by atoms with E-state index >= 15 is 0 Å². The molecule has 1 fully saturated rings. The van der Waals surface area contributed by atoms with Gasteiger partial charge in [0.2, 0.25) is 5.91 Å². The summed E-state index contributed by atoms with van der Waals surface area (Å²) in [6, 6.07) is 8.15. The van der Waals surface area contributed by atoms with Gasteiger partial charge in [-0.25, -0.2) is 0 Å². The number of amides is 1. The van der Waals surface area contributed by atoms with Crippen molar-refractivity contribution in [1.29, 1.82) is 0 Å². The van der Waals surface area contributed by atoms with Crippen molar-refractivity contribution in [3.05, 3.63) is 29.8 Å². The molecule has 3 heteroatoms. The third-order valence-electron chi connectivity index (χ3n) is 3.32. The van der Waals surface area contributed by atoms with Gasteiger partial charge in [-0.1, -0.05) is 32.9 Å². The summed E-state index contributed by atoms with van der Waals surface area (Å²) in [7, 11) is 0. The average Bonchev–Trinajstić information content (AvgIpc) is 3.18. The number of ether oxygens (including phenoxy) is 1. The van der Waals surface area contributed by atoms with Crippen molar-refractivity contribution in [1.82, 2.24) is 5.32 Å². The molecule has 0 atom stereocenters. The first-order valence-corrected chi connectivity index (χ1v) is 6.98. The lowest BCUT2D eigenvalue weighted by atomic mass is 9.87. The zero-order valence-electron chi connectivity index (χ0n) is 12.0. The van der Waals surface area contributed by atoms with Gasteiger partial charge in [0.25, 0.3) is 0 Å². The Bertz CT molecular complexity index is 444. The summed E-state index contributed by atoms with van der Waals surface area (Å²) in [5.41, 5.74) is 1.38. The fourth-order valence-electron chi connectivity index (χ4n) is 1.89. The molecule has 0 aromatic heterocycles. The van der Waals surface area contributed by atoms with Crippen molar-refractivity contribution < 1.29 is 9.53 Å². The second kappa shape index (κ2) is 5.64. The van der Waals surface area contributed by atoms with Gasteiger partial charge < -0.3 is 10.1 Å². The van der Waals surface area contributed by atoms with Gasteiger partial charge in [-0.05, 0) is 36.0 Å². The summed E-state index contributed by atoms with van der Waals surface area (Å²) in [6.07, 6.45) is 2.08. The molecular formula is C16H23NO2. The molecule has 0 aliphatic heterocycles. The van der Waals surface area contributed by atoms with Crippen LogP contribution in [0.3, 0.4) is 0 Å². The fourth-order valence-corrected chi connectivity index (χ4v) is 1.89. The van der Waals surface area contributed by atoms with E-state index in [-0.39, 0.29) is 17.2 Å². The number of hydrogen-bond donors (Lipinski definition) is 1. The first kappa shape index (κ1) is 13.9. The van der Waals surface area contributed by atoms with Crippen molar-refractivity contribution in [3.8, 4) is 5.75 Å². The summed E-state index contributed by atoms with van der Waals surface area (Å²) in [4.78, 5) is 11.4. The minimum Gasteiger partial charge on any atom is -0.492 e. The Balaban J connectivity index is 1.77. The van der Waals surface area contributed by atoms with Crippen LogP contribution in [0.5, 0.6) is 5.75 Å². The molecule has 104 valence electrons. The fraction of sp³-hybridized carbons (Fsp3) is 0.562. The number of carbonyl (C=O) groups excluding carboxylic acids is 1. The van der Waals surface area contributed by atoms with Crippen LogP contribution in [0, 0.1) is 5.92 Å². The topological polar surface area (TPSA) is 38.3 Å². The smallest absolute Gasteiger partial charge is 0.223 e. The molecule has 0 heterocycles. The van der Waals surface area contributed by atoms with E-state index in [1.54, 1.807) is 0 Å². The number of benzene rings is 1. The largest absolute Gasteiger partial charge is 0.492 e. The van der Waals surface area contributed by atoms with E-state index in [1.165, 1.54) is 5.56 Å². The van der Waals surface area contributed by atoms with Gasteiger partial charge in [-0.15, -0.1) is 0 Å². The quantitative estimate of drug-likeness (QED) is 0.828. The molecular weight excluding hydrogens is 238 g/mol. The molecule has 0 unspecified atom stereocenters. The van der Waals surface area contributed by atoms with Crippen LogP contribution >= 0.6 is 0 Å². The number of carbonyl (C=O) groups is 1. The summed E-state index contributed by atoms with van der Waals surface area (Å²) < 4.78 is 5.68. The Morgan fingerprint density at radius 1 is 1.37 bits per heavy atom. The van der Waals surface area contributed by atoms with Crippen molar-refractivity contribution in [2.45, 2.75) is 39.0 Å². The SMILES string of the molecule is CC(C)(C)c1cccc(OCCNC(=O)C2CC2)c1. The highest BCUT2D eigenvalue weighted by atomic mass is 16.5. The maximum absolute atomic E-state index is 11.4. The van der Waals surface area contributed by atoms with Gasteiger partial charge in [0, 0.05) is 5.92 Å². The first-order chi connectivity index (χ1) is 8.97. The lowest BCUT2D eigenvalue weighted by Gasteiger charge is -2.19. The molecule has 3 nitrogen and oxygen atoms in total. The normalized spacial score (nSPS) is 15.1. The third-order valence-corrected chi connectivity index (χ3v) is 3.32. The number of nitrogens with one attached hydrogen (secondary N) is 1. The van der Waals surface area contributed by atoms with Crippen molar-refractivity contribution in [2.24, 2.45) is 5.92 Å². The molecule has 1 amide bonds. The summed E-state index contributed by atoms with van der Waals surface area (Å²) in [5, 5.41) is 2.90. The summed E-state index contributed by atoms with van der Waals surface area (Å²) in [6.45, 7) is 7.65. The highest BCUT2D eigenvalue weighted by molar-refractivity contribution is 5.80. The highest BCUT2D eigenvalue weighted by Gasteiger charge is 2.29. The molecule has 1 aliphatic rings. The van der Waals surface area contributed by atoms with Crippen LogP contribution in [-0.2, 0) is 10.2 Å². The summed E-state index contributed by atoms with van der Waals surface area (Å²) in [5.74, 6) is 1.31. The number of hydrogen-bond acceptors (Lipinski definition) is 2. The predicted molar refractivity (Wildman–Crippen MR) is 76.4 cm³/mol. The molecule has 0 saturated heterocycles. The van der Waals surface area contributed by atoms with Crippen LogP contribution in [0.15, 0.2) is 24.3 Å². The average molecular weight is 261 g/mol. The molecule has 1 aromatic rings. The van der Waals surface area contributed by atoms with Crippen LogP contribution in [0.25, 0.3) is 0 Å². The molecule has 1 aliphatic carbocycles. The monoisotopic (exact) mass is 261 g/mol. The molecule has 2 rings (SSSR count). The second-order valence-electron chi connectivity index (χ2n) is 6.19. The standard InChI is InChI=1S/C16H23NO2/c1-16(2,3)13-5-4-6-14(11-13)19-10-9-17-15(18)12-7-8-12/h4-6,11-12H,7-10H2,1-3H3,(H,17,18).